The number of carbonyl (C=O) groups excluding carboxylic acids is 1. The zero-order chi connectivity index (χ0) is 16.2. The summed E-state index contributed by atoms with van der Waals surface area (Å²) in [5.74, 6) is -1.41. The zero-order valence-electron chi connectivity index (χ0n) is 12.0. The van der Waals surface area contributed by atoms with Crippen LogP contribution in [0, 0.1) is 0 Å². The molecule has 0 radical (unpaired) electrons. The first-order valence-electron chi connectivity index (χ1n) is 6.82. The number of hydrogen-bond donors (Lipinski definition) is 2. The van der Waals surface area contributed by atoms with Crippen molar-refractivity contribution in [3.8, 4) is 0 Å². The SMILES string of the molecule is CCC(NC(=O)Cc1ccc(Cl)s1)(C(=O)O)c1ccccc1. The summed E-state index contributed by atoms with van der Waals surface area (Å²) in [6.07, 6.45) is 0.364. The number of halogens is 1. The van der Waals surface area contributed by atoms with Crippen LogP contribution in [0.3, 0.4) is 0 Å². The van der Waals surface area contributed by atoms with Crippen LogP contribution in [0.1, 0.15) is 23.8 Å². The van der Waals surface area contributed by atoms with Gasteiger partial charge >= 0.3 is 5.97 Å². The fraction of sp³-hybridized carbons (Fsp3) is 0.250. The molecule has 0 aliphatic rings. The highest BCUT2D eigenvalue weighted by Crippen LogP contribution is 2.26. The van der Waals surface area contributed by atoms with Crippen LogP contribution in [0.2, 0.25) is 4.34 Å². The highest BCUT2D eigenvalue weighted by atomic mass is 35.5. The van der Waals surface area contributed by atoms with Crippen molar-refractivity contribution >= 4 is 34.8 Å². The summed E-state index contributed by atoms with van der Waals surface area (Å²) in [5.41, 5.74) is -0.859. The molecule has 0 fully saturated rings. The van der Waals surface area contributed by atoms with E-state index in [1.165, 1.54) is 11.3 Å². The lowest BCUT2D eigenvalue weighted by atomic mass is 9.87. The number of thiophene rings is 1. The molecule has 0 saturated heterocycles. The van der Waals surface area contributed by atoms with Crippen molar-refractivity contribution in [1.82, 2.24) is 5.32 Å². The summed E-state index contributed by atoms with van der Waals surface area (Å²) in [5, 5.41) is 12.3. The van der Waals surface area contributed by atoms with Crippen molar-refractivity contribution in [2.75, 3.05) is 0 Å². The number of benzene rings is 1. The van der Waals surface area contributed by atoms with Gasteiger partial charge in [-0.25, -0.2) is 4.79 Å². The average Bonchev–Trinajstić information content (AvgIpc) is 2.90. The standard InChI is InChI=1S/C16H16ClNO3S/c1-2-16(15(20)21,11-6-4-3-5-7-11)18-14(19)10-12-8-9-13(17)22-12/h3-9H,2,10H2,1H3,(H,18,19)(H,20,21). The Morgan fingerprint density at radius 3 is 2.41 bits per heavy atom. The van der Waals surface area contributed by atoms with E-state index >= 15 is 0 Å². The van der Waals surface area contributed by atoms with E-state index in [2.05, 4.69) is 5.32 Å². The van der Waals surface area contributed by atoms with Crippen LogP contribution in [0.25, 0.3) is 0 Å². The van der Waals surface area contributed by atoms with Gasteiger partial charge in [-0.2, -0.15) is 0 Å². The molecular formula is C16H16ClNO3S. The summed E-state index contributed by atoms with van der Waals surface area (Å²) in [6.45, 7) is 1.74. The van der Waals surface area contributed by atoms with Crippen molar-refractivity contribution in [2.24, 2.45) is 0 Å². The molecule has 1 amide bonds. The lowest BCUT2D eigenvalue weighted by molar-refractivity contribution is -0.148. The molecule has 1 aromatic carbocycles. The molecule has 0 aliphatic heterocycles. The van der Waals surface area contributed by atoms with Crippen LogP contribution in [0.15, 0.2) is 42.5 Å². The third kappa shape index (κ3) is 3.48. The first kappa shape index (κ1) is 16.5. The minimum absolute atomic E-state index is 0.110. The van der Waals surface area contributed by atoms with Crippen LogP contribution in [0.4, 0.5) is 0 Å². The third-order valence-corrected chi connectivity index (χ3v) is 4.71. The lowest BCUT2D eigenvalue weighted by Gasteiger charge is -2.30. The lowest BCUT2D eigenvalue weighted by Crippen LogP contribution is -2.51. The fourth-order valence-electron chi connectivity index (χ4n) is 2.30. The van der Waals surface area contributed by atoms with Crippen molar-refractivity contribution in [3.05, 3.63) is 57.2 Å². The topological polar surface area (TPSA) is 66.4 Å². The van der Waals surface area contributed by atoms with Gasteiger partial charge in [0, 0.05) is 4.88 Å². The number of carboxylic acid groups (broad SMARTS) is 1. The first-order valence-corrected chi connectivity index (χ1v) is 8.01. The molecule has 1 heterocycles. The largest absolute Gasteiger partial charge is 0.479 e. The maximum absolute atomic E-state index is 12.3. The smallest absolute Gasteiger partial charge is 0.334 e. The van der Waals surface area contributed by atoms with E-state index in [4.69, 9.17) is 11.6 Å². The van der Waals surface area contributed by atoms with Gasteiger partial charge in [-0.05, 0) is 24.1 Å². The van der Waals surface area contributed by atoms with Gasteiger partial charge < -0.3 is 10.4 Å². The number of nitrogens with one attached hydrogen (secondary N) is 1. The van der Waals surface area contributed by atoms with E-state index in [0.29, 0.717) is 9.90 Å². The van der Waals surface area contributed by atoms with Crippen molar-refractivity contribution in [3.63, 3.8) is 0 Å². The van der Waals surface area contributed by atoms with Gasteiger partial charge in [0.1, 0.15) is 0 Å². The van der Waals surface area contributed by atoms with Crippen molar-refractivity contribution in [2.45, 2.75) is 25.3 Å². The summed E-state index contributed by atoms with van der Waals surface area (Å²) in [6, 6.07) is 12.2. The van der Waals surface area contributed by atoms with Gasteiger partial charge in [-0.1, -0.05) is 48.9 Å². The quantitative estimate of drug-likeness (QED) is 0.848. The molecule has 2 rings (SSSR count). The van der Waals surface area contributed by atoms with E-state index in [-0.39, 0.29) is 18.7 Å². The second kappa shape index (κ2) is 6.94. The Bertz CT molecular complexity index is 671. The number of amides is 1. The molecular weight excluding hydrogens is 322 g/mol. The van der Waals surface area contributed by atoms with Gasteiger partial charge in [0.05, 0.1) is 10.8 Å². The number of hydrogen-bond acceptors (Lipinski definition) is 3. The predicted octanol–water partition coefficient (Wildman–Crippen LogP) is 3.45. The van der Waals surface area contributed by atoms with Crippen LogP contribution in [0.5, 0.6) is 0 Å². The van der Waals surface area contributed by atoms with Gasteiger partial charge in [0.25, 0.3) is 0 Å². The van der Waals surface area contributed by atoms with Gasteiger partial charge in [-0.15, -0.1) is 11.3 Å². The third-order valence-electron chi connectivity index (χ3n) is 3.48. The highest BCUT2D eigenvalue weighted by Gasteiger charge is 2.40. The minimum atomic E-state index is -1.42. The summed E-state index contributed by atoms with van der Waals surface area (Å²) >= 11 is 7.15. The van der Waals surface area contributed by atoms with E-state index < -0.39 is 11.5 Å². The summed E-state index contributed by atoms with van der Waals surface area (Å²) in [4.78, 5) is 24.9. The highest BCUT2D eigenvalue weighted by molar-refractivity contribution is 7.16. The molecule has 0 saturated carbocycles. The zero-order valence-corrected chi connectivity index (χ0v) is 13.6. The molecule has 0 aliphatic carbocycles. The van der Waals surface area contributed by atoms with Crippen LogP contribution in [-0.4, -0.2) is 17.0 Å². The van der Waals surface area contributed by atoms with E-state index in [1.54, 1.807) is 49.4 Å². The van der Waals surface area contributed by atoms with Gasteiger partial charge in [0.2, 0.25) is 5.91 Å². The minimum Gasteiger partial charge on any atom is -0.479 e. The summed E-state index contributed by atoms with van der Waals surface area (Å²) in [7, 11) is 0. The molecule has 1 atom stereocenters. The predicted molar refractivity (Wildman–Crippen MR) is 87.2 cm³/mol. The normalized spacial score (nSPS) is 13.4. The van der Waals surface area contributed by atoms with Gasteiger partial charge in [0.15, 0.2) is 5.54 Å². The van der Waals surface area contributed by atoms with Crippen LogP contribution in [-0.2, 0) is 21.5 Å². The summed E-state index contributed by atoms with van der Waals surface area (Å²) < 4.78 is 0.603. The molecule has 2 N–H and O–H groups in total. The first-order chi connectivity index (χ1) is 10.5. The molecule has 2 aromatic rings. The molecule has 1 unspecified atom stereocenters. The Balaban J connectivity index is 2.23. The second-order valence-corrected chi connectivity index (χ2v) is 6.66. The Morgan fingerprint density at radius 2 is 1.91 bits per heavy atom. The number of aliphatic carboxylic acids is 1. The molecule has 4 nitrogen and oxygen atoms in total. The Hall–Kier alpha value is -1.85. The molecule has 116 valence electrons. The number of rotatable bonds is 6. The van der Waals surface area contributed by atoms with E-state index in [0.717, 1.165) is 4.88 Å². The van der Waals surface area contributed by atoms with Crippen molar-refractivity contribution < 1.29 is 14.7 Å². The second-order valence-electron chi connectivity index (χ2n) is 4.86. The fourth-order valence-corrected chi connectivity index (χ4v) is 3.39. The average molecular weight is 338 g/mol. The molecule has 6 heteroatoms. The molecule has 1 aromatic heterocycles. The monoisotopic (exact) mass is 337 g/mol. The van der Waals surface area contributed by atoms with Gasteiger partial charge in [-0.3, -0.25) is 4.79 Å². The molecule has 22 heavy (non-hydrogen) atoms. The van der Waals surface area contributed by atoms with E-state index in [9.17, 15) is 14.7 Å². The Labute approximate surface area is 137 Å². The van der Waals surface area contributed by atoms with Crippen LogP contribution < -0.4 is 5.32 Å². The number of carboxylic acids is 1. The van der Waals surface area contributed by atoms with E-state index in [1.807, 2.05) is 0 Å². The Kier molecular flexibility index (Phi) is 5.21. The molecule has 0 bridgehead atoms. The molecule has 0 spiro atoms. The Morgan fingerprint density at radius 1 is 1.23 bits per heavy atom. The van der Waals surface area contributed by atoms with Crippen LogP contribution >= 0.6 is 22.9 Å². The maximum Gasteiger partial charge on any atom is 0.334 e. The maximum atomic E-state index is 12.3. The van der Waals surface area contributed by atoms with Crippen molar-refractivity contribution in [1.29, 1.82) is 0 Å². The number of carbonyl (C=O) groups is 2.